The first-order valence-corrected chi connectivity index (χ1v) is 7.07. The lowest BCUT2D eigenvalue weighted by atomic mass is 10.0. The normalized spacial score (nSPS) is 22.0. The van der Waals surface area contributed by atoms with Gasteiger partial charge in [-0.05, 0) is 13.0 Å². The Morgan fingerprint density at radius 2 is 2.15 bits per heavy atom. The zero-order chi connectivity index (χ0) is 14.3. The minimum absolute atomic E-state index is 0.256. The predicted molar refractivity (Wildman–Crippen MR) is 79.2 cm³/mol. The molecular weight excluding hydrogens is 256 g/mol. The fraction of sp³-hybridized carbons (Fsp3) is 0.692. The summed E-state index contributed by atoms with van der Waals surface area (Å²) in [5.74, 6) is 3.00. The quantitative estimate of drug-likeness (QED) is 0.732. The third-order valence-electron chi connectivity index (χ3n) is 3.99. The Balaban J connectivity index is 1.86. The van der Waals surface area contributed by atoms with Crippen molar-refractivity contribution in [3.05, 3.63) is 0 Å². The molecule has 2 aliphatic rings. The summed E-state index contributed by atoms with van der Waals surface area (Å²) in [6.07, 6.45) is 0. The fourth-order valence-electron chi connectivity index (χ4n) is 2.48. The maximum Gasteiger partial charge on any atom is 0.224 e. The molecule has 3 rings (SSSR count). The van der Waals surface area contributed by atoms with E-state index in [9.17, 15) is 0 Å². The van der Waals surface area contributed by atoms with E-state index >= 15 is 0 Å². The molecule has 1 aromatic heterocycles. The minimum atomic E-state index is 0.256. The van der Waals surface area contributed by atoms with Gasteiger partial charge in [-0.3, -0.25) is 0 Å². The van der Waals surface area contributed by atoms with E-state index in [4.69, 9.17) is 10.5 Å². The van der Waals surface area contributed by atoms with Crippen LogP contribution in [0.2, 0.25) is 0 Å². The van der Waals surface area contributed by atoms with Gasteiger partial charge in [0.15, 0.2) is 11.6 Å². The topological polar surface area (TPSA) is 88.3 Å². The van der Waals surface area contributed by atoms with E-state index < -0.39 is 0 Å². The molecule has 0 unspecified atom stereocenters. The molecule has 0 saturated carbocycles. The second-order valence-corrected chi connectivity index (χ2v) is 5.78. The van der Waals surface area contributed by atoms with E-state index in [-0.39, 0.29) is 12.0 Å². The molecule has 7 nitrogen and oxygen atoms in total. The predicted octanol–water partition coefficient (Wildman–Crippen LogP) is 0.296. The highest BCUT2D eigenvalue weighted by Crippen LogP contribution is 2.38. The molecule has 1 saturated heterocycles. The fourth-order valence-corrected chi connectivity index (χ4v) is 2.48. The van der Waals surface area contributed by atoms with Gasteiger partial charge in [0.25, 0.3) is 0 Å². The Hall–Kier alpha value is -1.76. The Labute approximate surface area is 118 Å². The lowest BCUT2D eigenvalue weighted by molar-refractivity contribution is 0.253. The van der Waals surface area contributed by atoms with Crippen molar-refractivity contribution in [1.82, 2.24) is 15.3 Å². The minimum Gasteiger partial charge on any atom is -0.484 e. The lowest BCUT2D eigenvalue weighted by Crippen LogP contribution is -2.57. The molecule has 1 aromatic rings. The van der Waals surface area contributed by atoms with E-state index in [1.54, 1.807) is 0 Å². The lowest BCUT2D eigenvalue weighted by Gasteiger charge is -2.41. The molecule has 110 valence electrons. The van der Waals surface area contributed by atoms with E-state index in [1.807, 2.05) is 7.05 Å². The first-order chi connectivity index (χ1) is 9.58. The smallest absolute Gasteiger partial charge is 0.224 e. The number of rotatable bonds is 3. The van der Waals surface area contributed by atoms with Crippen molar-refractivity contribution in [3.8, 4) is 5.75 Å². The number of ether oxygens (including phenoxy) is 1. The van der Waals surface area contributed by atoms with Crippen molar-refractivity contribution >= 4 is 17.6 Å². The number of nitrogens with one attached hydrogen (secondary N) is 2. The van der Waals surface area contributed by atoms with Crippen LogP contribution in [-0.4, -0.2) is 48.8 Å². The zero-order valence-electron chi connectivity index (χ0n) is 12.2. The summed E-state index contributed by atoms with van der Waals surface area (Å²) in [5, 5.41) is 6.65. The van der Waals surface area contributed by atoms with Crippen LogP contribution in [0.3, 0.4) is 0 Å². The number of hydrogen-bond donors (Lipinski definition) is 3. The van der Waals surface area contributed by atoms with Crippen LogP contribution in [0.25, 0.3) is 0 Å². The van der Waals surface area contributed by atoms with Crippen LogP contribution >= 0.6 is 0 Å². The second-order valence-electron chi connectivity index (χ2n) is 5.78. The van der Waals surface area contributed by atoms with Crippen LogP contribution in [0.4, 0.5) is 17.6 Å². The van der Waals surface area contributed by atoms with Crippen LogP contribution < -0.4 is 26.0 Å². The summed E-state index contributed by atoms with van der Waals surface area (Å²) in [4.78, 5) is 10.8. The number of aromatic nitrogens is 2. The summed E-state index contributed by atoms with van der Waals surface area (Å²) in [7, 11) is 1.97. The van der Waals surface area contributed by atoms with Crippen LogP contribution in [0.15, 0.2) is 0 Å². The van der Waals surface area contributed by atoms with Crippen molar-refractivity contribution in [3.63, 3.8) is 0 Å². The van der Waals surface area contributed by atoms with Gasteiger partial charge in [0, 0.05) is 19.1 Å². The molecule has 3 heterocycles. The van der Waals surface area contributed by atoms with Gasteiger partial charge in [0.05, 0.1) is 6.04 Å². The van der Waals surface area contributed by atoms with Gasteiger partial charge in [0.2, 0.25) is 11.7 Å². The zero-order valence-corrected chi connectivity index (χ0v) is 12.2. The molecule has 0 aliphatic carbocycles. The molecule has 0 aromatic carbocycles. The molecule has 0 amide bonds. The summed E-state index contributed by atoms with van der Waals surface area (Å²) in [5.41, 5.74) is 5.83. The Bertz CT molecular complexity index is 500. The first kappa shape index (κ1) is 13.2. The number of fused-ring (bicyclic) bond motifs is 1. The molecule has 0 bridgehead atoms. The molecule has 0 spiro atoms. The van der Waals surface area contributed by atoms with Gasteiger partial charge in [-0.2, -0.15) is 9.97 Å². The van der Waals surface area contributed by atoms with Crippen molar-refractivity contribution in [1.29, 1.82) is 0 Å². The highest BCUT2D eigenvalue weighted by Gasteiger charge is 2.33. The van der Waals surface area contributed by atoms with E-state index in [2.05, 4.69) is 39.3 Å². The molecular formula is C13H22N6O. The molecule has 7 heteroatoms. The highest BCUT2D eigenvalue weighted by molar-refractivity contribution is 5.69. The van der Waals surface area contributed by atoms with Crippen LogP contribution in [0.5, 0.6) is 5.75 Å². The van der Waals surface area contributed by atoms with E-state index in [0.717, 1.165) is 24.7 Å². The monoisotopic (exact) mass is 278 g/mol. The number of likely N-dealkylation sites (N-methyl/N-ethyl adjacent to an activating group) is 1. The highest BCUT2D eigenvalue weighted by atomic mass is 16.5. The molecule has 1 atom stereocenters. The van der Waals surface area contributed by atoms with Gasteiger partial charge < -0.3 is 26.0 Å². The Morgan fingerprint density at radius 3 is 2.80 bits per heavy atom. The summed E-state index contributed by atoms with van der Waals surface area (Å²) in [6, 6.07) is 0.757. The molecule has 1 fully saturated rings. The van der Waals surface area contributed by atoms with Crippen LogP contribution in [0, 0.1) is 5.92 Å². The van der Waals surface area contributed by atoms with Crippen molar-refractivity contribution in [2.75, 3.05) is 42.7 Å². The number of nitrogens with zero attached hydrogens (tertiary/aromatic N) is 3. The Kier molecular flexibility index (Phi) is 3.29. The largest absolute Gasteiger partial charge is 0.484 e. The number of hydrogen-bond acceptors (Lipinski definition) is 7. The van der Waals surface area contributed by atoms with Gasteiger partial charge >= 0.3 is 0 Å². The molecule has 20 heavy (non-hydrogen) atoms. The first-order valence-electron chi connectivity index (χ1n) is 7.07. The average molecular weight is 278 g/mol. The Morgan fingerprint density at radius 1 is 1.40 bits per heavy atom. The van der Waals surface area contributed by atoms with Crippen LogP contribution in [0.1, 0.15) is 13.8 Å². The third kappa shape index (κ3) is 2.22. The van der Waals surface area contributed by atoms with Crippen molar-refractivity contribution in [2.24, 2.45) is 5.92 Å². The van der Waals surface area contributed by atoms with Gasteiger partial charge in [-0.15, -0.1) is 0 Å². The number of nitrogen functional groups attached to an aromatic ring is 1. The van der Waals surface area contributed by atoms with Gasteiger partial charge in [0.1, 0.15) is 6.61 Å². The van der Waals surface area contributed by atoms with E-state index in [0.29, 0.717) is 24.4 Å². The number of anilines is 3. The maximum atomic E-state index is 5.90. The molecule has 0 radical (unpaired) electrons. The van der Waals surface area contributed by atoms with E-state index in [1.165, 1.54) is 0 Å². The van der Waals surface area contributed by atoms with Gasteiger partial charge in [-0.25, -0.2) is 0 Å². The standard InChI is InChI=1S/C13H22N6O/c1-7(2)9-6-20-10-11(16-9)17-13(14)18-12(10)19-4-8(5-19)15-3/h7-9,15H,4-6H2,1-3H3,(H3,14,16,17,18)/t9-/m0/s1. The average Bonchev–Trinajstić information content (AvgIpc) is 2.36. The number of nitrogens with two attached hydrogens (primary N) is 1. The van der Waals surface area contributed by atoms with Crippen LogP contribution in [-0.2, 0) is 0 Å². The maximum absolute atomic E-state index is 5.90. The SMILES string of the molecule is CNC1CN(c2nc(N)nc3c2OC[C@@H](C(C)C)N3)C1. The second kappa shape index (κ2) is 4.97. The van der Waals surface area contributed by atoms with Crippen molar-refractivity contribution < 1.29 is 4.74 Å². The summed E-state index contributed by atoms with van der Waals surface area (Å²) >= 11 is 0. The van der Waals surface area contributed by atoms with Gasteiger partial charge in [-0.1, -0.05) is 13.8 Å². The summed E-state index contributed by atoms with van der Waals surface area (Å²) in [6.45, 7) is 6.77. The van der Waals surface area contributed by atoms with Crippen molar-refractivity contribution in [2.45, 2.75) is 25.9 Å². The third-order valence-corrected chi connectivity index (χ3v) is 3.99. The molecule has 4 N–H and O–H groups in total. The molecule has 2 aliphatic heterocycles. The summed E-state index contributed by atoms with van der Waals surface area (Å²) < 4.78 is 5.90.